The Hall–Kier alpha value is -1.06. The lowest BCUT2D eigenvalue weighted by molar-refractivity contribution is 0.189. The molecular weight excluding hydrogens is 248 g/mol. The predicted octanol–water partition coefficient (Wildman–Crippen LogP) is 3.16. The number of benzene rings is 1. The number of piperazine rings is 1. The van der Waals surface area contributed by atoms with Crippen molar-refractivity contribution < 1.29 is 5.11 Å². The Morgan fingerprint density at radius 3 is 2.10 bits per heavy atom. The lowest BCUT2D eigenvalue weighted by atomic mass is 10.2. The summed E-state index contributed by atoms with van der Waals surface area (Å²) in [4.78, 5) is 4.73. The first-order valence-corrected chi connectivity index (χ1v) is 7.94. The highest BCUT2D eigenvalue weighted by Gasteiger charge is 2.16. The minimum absolute atomic E-state index is 0.268. The van der Waals surface area contributed by atoms with Crippen LogP contribution in [0.1, 0.15) is 33.3 Å². The molecule has 0 aromatic heterocycles. The van der Waals surface area contributed by atoms with E-state index in [2.05, 4.69) is 41.0 Å². The van der Waals surface area contributed by atoms with Crippen molar-refractivity contribution in [1.29, 1.82) is 0 Å². The number of aryl methyl sites for hydroxylation is 1. The molecule has 1 aliphatic rings. The van der Waals surface area contributed by atoms with Crippen molar-refractivity contribution in [3.63, 3.8) is 0 Å². The zero-order valence-electron chi connectivity index (χ0n) is 13.9. The Balaban J connectivity index is 0.000000829. The molecule has 0 bridgehead atoms. The molecule has 1 heterocycles. The molecule has 20 heavy (non-hydrogen) atoms. The van der Waals surface area contributed by atoms with E-state index in [1.807, 2.05) is 27.7 Å². The highest BCUT2D eigenvalue weighted by atomic mass is 16.3. The zero-order valence-corrected chi connectivity index (χ0v) is 13.9. The first kappa shape index (κ1) is 18.9. The number of nitrogens with zero attached hydrogens (tertiary/aromatic N) is 2. The van der Waals surface area contributed by atoms with Crippen molar-refractivity contribution >= 4 is 5.69 Å². The first-order chi connectivity index (χ1) is 9.79. The Bertz CT molecular complexity index is 334. The second kappa shape index (κ2) is 11.7. The van der Waals surface area contributed by atoms with E-state index in [1.165, 1.54) is 11.3 Å². The van der Waals surface area contributed by atoms with Crippen molar-refractivity contribution in [2.24, 2.45) is 0 Å². The van der Waals surface area contributed by atoms with Gasteiger partial charge in [-0.25, -0.2) is 0 Å². The van der Waals surface area contributed by atoms with Crippen LogP contribution in [0.3, 0.4) is 0 Å². The summed E-state index contributed by atoms with van der Waals surface area (Å²) in [5.41, 5.74) is 2.64. The van der Waals surface area contributed by atoms with Crippen molar-refractivity contribution in [3.05, 3.63) is 29.8 Å². The molecule has 0 atom stereocenters. The molecule has 0 radical (unpaired) electrons. The van der Waals surface area contributed by atoms with Crippen LogP contribution >= 0.6 is 0 Å². The summed E-state index contributed by atoms with van der Waals surface area (Å²) in [7, 11) is 0. The summed E-state index contributed by atoms with van der Waals surface area (Å²) in [5, 5.41) is 8.88. The maximum atomic E-state index is 8.88. The number of hydrogen-bond donors (Lipinski definition) is 1. The molecule has 0 saturated carbocycles. The van der Waals surface area contributed by atoms with E-state index >= 15 is 0 Å². The van der Waals surface area contributed by atoms with Gasteiger partial charge in [0.25, 0.3) is 0 Å². The minimum atomic E-state index is 0.268. The summed E-state index contributed by atoms with van der Waals surface area (Å²) >= 11 is 0. The number of aliphatic hydroxyl groups excluding tert-OH is 1. The van der Waals surface area contributed by atoms with E-state index in [1.54, 1.807) is 0 Å². The average Bonchev–Trinajstić information content (AvgIpc) is 2.52. The van der Waals surface area contributed by atoms with Gasteiger partial charge in [-0.05, 0) is 24.6 Å². The zero-order chi connectivity index (χ0) is 15.4. The lowest BCUT2D eigenvalue weighted by Gasteiger charge is -2.35. The standard InChI is InChI=1S/C13H20N2O.2C2H6/c1-12-3-2-4-13(11-12)15-7-5-14(6-8-15)9-10-16;2*1-2/h2-4,11,16H,5-10H2,1H3;2*1-2H3. The first-order valence-electron chi connectivity index (χ1n) is 7.94. The van der Waals surface area contributed by atoms with E-state index < -0.39 is 0 Å². The van der Waals surface area contributed by atoms with Gasteiger partial charge in [0.1, 0.15) is 0 Å². The third kappa shape index (κ3) is 6.40. The maximum absolute atomic E-state index is 8.88. The minimum Gasteiger partial charge on any atom is -0.395 e. The van der Waals surface area contributed by atoms with E-state index in [9.17, 15) is 0 Å². The van der Waals surface area contributed by atoms with Crippen LogP contribution in [0.5, 0.6) is 0 Å². The fourth-order valence-corrected chi connectivity index (χ4v) is 2.20. The molecule has 116 valence electrons. The topological polar surface area (TPSA) is 26.7 Å². The van der Waals surface area contributed by atoms with E-state index in [4.69, 9.17) is 5.11 Å². The lowest BCUT2D eigenvalue weighted by Crippen LogP contribution is -2.47. The molecule has 1 aliphatic heterocycles. The molecule has 1 saturated heterocycles. The number of hydrogen-bond acceptors (Lipinski definition) is 3. The van der Waals surface area contributed by atoms with Gasteiger partial charge in [0, 0.05) is 38.4 Å². The van der Waals surface area contributed by atoms with Crippen LogP contribution in [-0.4, -0.2) is 49.3 Å². The van der Waals surface area contributed by atoms with Crippen LogP contribution < -0.4 is 4.90 Å². The van der Waals surface area contributed by atoms with Gasteiger partial charge in [-0.15, -0.1) is 0 Å². The van der Waals surface area contributed by atoms with Crippen LogP contribution in [0.4, 0.5) is 5.69 Å². The van der Waals surface area contributed by atoms with Crippen molar-refractivity contribution in [1.82, 2.24) is 4.90 Å². The number of aliphatic hydroxyl groups is 1. The second-order valence-corrected chi connectivity index (χ2v) is 4.39. The van der Waals surface area contributed by atoms with E-state index in [0.717, 1.165) is 32.7 Å². The van der Waals surface area contributed by atoms with E-state index in [0.29, 0.717) is 0 Å². The molecule has 3 nitrogen and oxygen atoms in total. The van der Waals surface area contributed by atoms with Crippen molar-refractivity contribution in [2.75, 3.05) is 44.2 Å². The van der Waals surface area contributed by atoms with Crippen LogP contribution in [0.15, 0.2) is 24.3 Å². The molecule has 2 rings (SSSR count). The largest absolute Gasteiger partial charge is 0.395 e. The molecule has 1 N–H and O–H groups in total. The van der Waals surface area contributed by atoms with Gasteiger partial charge in [0.15, 0.2) is 0 Å². The Morgan fingerprint density at radius 1 is 1.00 bits per heavy atom. The average molecular weight is 280 g/mol. The van der Waals surface area contributed by atoms with Crippen molar-refractivity contribution in [3.8, 4) is 0 Å². The summed E-state index contributed by atoms with van der Waals surface area (Å²) in [5.74, 6) is 0. The summed E-state index contributed by atoms with van der Waals surface area (Å²) in [6.07, 6.45) is 0. The summed E-state index contributed by atoms with van der Waals surface area (Å²) in [6.45, 7) is 15.4. The number of rotatable bonds is 3. The van der Waals surface area contributed by atoms with Crippen LogP contribution in [0, 0.1) is 6.92 Å². The fraction of sp³-hybridized carbons (Fsp3) is 0.647. The number of anilines is 1. The molecule has 1 aromatic carbocycles. The van der Waals surface area contributed by atoms with Crippen LogP contribution in [0.2, 0.25) is 0 Å². The van der Waals surface area contributed by atoms with Gasteiger partial charge in [-0.3, -0.25) is 4.90 Å². The Labute approximate surface area is 125 Å². The molecule has 0 amide bonds. The Morgan fingerprint density at radius 2 is 1.60 bits per heavy atom. The highest BCUT2D eigenvalue weighted by Crippen LogP contribution is 2.17. The molecule has 0 aliphatic carbocycles. The smallest absolute Gasteiger partial charge is 0.0558 e. The normalized spacial score (nSPS) is 14.8. The second-order valence-electron chi connectivity index (χ2n) is 4.39. The van der Waals surface area contributed by atoms with Crippen molar-refractivity contribution in [2.45, 2.75) is 34.6 Å². The monoisotopic (exact) mass is 280 g/mol. The van der Waals surface area contributed by atoms with Gasteiger partial charge >= 0.3 is 0 Å². The highest BCUT2D eigenvalue weighted by molar-refractivity contribution is 5.48. The third-order valence-corrected chi connectivity index (χ3v) is 3.16. The fourth-order valence-electron chi connectivity index (χ4n) is 2.20. The molecular formula is C17H32N2O. The maximum Gasteiger partial charge on any atom is 0.0558 e. The molecule has 1 aromatic rings. The molecule has 3 heteroatoms. The molecule has 1 fully saturated rings. The quantitative estimate of drug-likeness (QED) is 0.921. The van der Waals surface area contributed by atoms with Gasteiger partial charge in [0.05, 0.1) is 6.61 Å². The summed E-state index contributed by atoms with van der Waals surface area (Å²) < 4.78 is 0. The van der Waals surface area contributed by atoms with Gasteiger partial charge in [-0.2, -0.15) is 0 Å². The summed E-state index contributed by atoms with van der Waals surface area (Å²) in [6, 6.07) is 8.66. The predicted molar refractivity (Wildman–Crippen MR) is 89.6 cm³/mol. The van der Waals surface area contributed by atoms with E-state index in [-0.39, 0.29) is 6.61 Å². The van der Waals surface area contributed by atoms with Gasteiger partial charge in [-0.1, -0.05) is 39.8 Å². The molecule has 0 unspecified atom stereocenters. The Kier molecular flexibility index (Phi) is 11.1. The number of β-amino-alcohol motifs (C(OH)–C–C–N with tert-alkyl or cyclic N) is 1. The van der Waals surface area contributed by atoms with Gasteiger partial charge in [0.2, 0.25) is 0 Å². The molecule has 0 spiro atoms. The SMILES string of the molecule is CC.CC.Cc1cccc(N2CCN(CCO)CC2)c1. The van der Waals surface area contributed by atoms with Crippen LogP contribution in [0.25, 0.3) is 0 Å². The van der Waals surface area contributed by atoms with Crippen LogP contribution in [-0.2, 0) is 0 Å². The third-order valence-electron chi connectivity index (χ3n) is 3.16. The van der Waals surface area contributed by atoms with Gasteiger partial charge < -0.3 is 10.0 Å².